The highest BCUT2D eigenvalue weighted by atomic mass is 32.1. The van der Waals surface area contributed by atoms with E-state index in [1.807, 2.05) is 0 Å². The van der Waals surface area contributed by atoms with Crippen LogP contribution in [0.5, 0.6) is 17.2 Å². The zero-order valence-corrected chi connectivity index (χ0v) is 15.7. The summed E-state index contributed by atoms with van der Waals surface area (Å²) in [6.07, 6.45) is 1.46. The van der Waals surface area contributed by atoms with E-state index in [0.717, 1.165) is 0 Å². The summed E-state index contributed by atoms with van der Waals surface area (Å²) in [6.45, 7) is 1.28. The Bertz CT molecular complexity index is 848. The van der Waals surface area contributed by atoms with Crippen LogP contribution in [0.2, 0.25) is 0 Å². The fraction of sp³-hybridized carbons (Fsp3) is 0.167. The number of para-hydroxylation sites is 1. The second-order valence-electron chi connectivity index (χ2n) is 5.15. The number of benzene rings is 2. The number of nitrogens with one attached hydrogen (secondary N) is 2. The number of anilines is 1. The zero-order chi connectivity index (χ0) is 19.8. The van der Waals surface area contributed by atoms with Crippen LogP contribution in [0.25, 0.3) is 0 Å². The lowest BCUT2D eigenvalue weighted by Gasteiger charge is -2.13. The zero-order valence-electron chi connectivity index (χ0n) is 14.9. The van der Waals surface area contributed by atoms with Crippen LogP contribution < -0.4 is 25.0 Å². The Morgan fingerprint density at radius 1 is 1.19 bits per heavy atom. The Hall–Kier alpha value is -3.20. The van der Waals surface area contributed by atoms with Crippen LogP contribution in [0.4, 0.5) is 10.1 Å². The summed E-state index contributed by atoms with van der Waals surface area (Å²) in [6, 6.07) is 9.35. The Labute approximate surface area is 161 Å². The van der Waals surface area contributed by atoms with Gasteiger partial charge in [0, 0.05) is 12.5 Å². The fourth-order valence-electron chi connectivity index (χ4n) is 2.10. The van der Waals surface area contributed by atoms with Crippen LogP contribution in [0, 0.1) is 5.82 Å². The first-order chi connectivity index (χ1) is 12.9. The highest BCUT2D eigenvalue weighted by molar-refractivity contribution is 7.80. The molecule has 0 amide bonds. The highest BCUT2D eigenvalue weighted by Crippen LogP contribution is 2.38. The van der Waals surface area contributed by atoms with Gasteiger partial charge in [0.15, 0.2) is 16.6 Å². The minimum atomic E-state index is -0.501. The standard InChI is InChI=1S/C18H18FN3O4S/c1-11(23)26-17-15(24-2)8-12(9-16(17)25-3)10-20-22-18(27)21-14-7-5-4-6-13(14)19/h4-10H,1-3H3,(H2,21,22,27)/b20-10-. The molecule has 0 aliphatic carbocycles. The molecule has 0 bridgehead atoms. The molecule has 2 aromatic carbocycles. The molecule has 0 saturated heterocycles. The van der Waals surface area contributed by atoms with Gasteiger partial charge in [-0.3, -0.25) is 10.2 Å². The molecule has 0 fully saturated rings. The van der Waals surface area contributed by atoms with Gasteiger partial charge in [0.25, 0.3) is 0 Å². The Kier molecular flexibility index (Phi) is 7.07. The molecule has 0 radical (unpaired) electrons. The van der Waals surface area contributed by atoms with Gasteiger partial charge in [-0.15, -0.1) is 0 Å². The molecule has 9 heteroatoms. The van der Waals surface area contributed by atoms with Gasteiger partial charge in [-0.2, -0.15) is 5.10 Å². The summed E-state index contributed by atoms with van der Waals surface area (Å²) >= 11 is 5.07. The number of rotatable bonds is 6. The van der Waals surface area contributed by atoms with Crippen molar-refractivity contribution in [2.24, 2.45) is 5.10 Å². The van der Waals surface area contributed by atoms with Gasteiger partial charge in [-0.1, -0.05) is 12.1 Å². The molecule has 7 nitrogen and oxygen atoms in total. The third-order valence-corrected chi connectivity index (χ3v) is 3.42. The first kappa shape index (κ1) is 20.1. The number of methoxy groups -OCH3 is 2. The quantitative estimate of drug-likeness (QED) is 0.257. The lowest BCUT2D eigenvalue weighted by molar-refractivity contribution is -0.132. The summed E-state index contributed by atoms with van der Waals surface area (Å²) in [5.41, 5.74) is 3.42. The van der Waals surface area contributed by atoms with E-state index >= 15 is 0 Å². The maximum absolute atomic E-state index is 13.6. The second-order valence-corrected chi connectivity index (χ2v) is 5.56. The average Bonchev–Trinajstić information content (AvgIpc) is 2.64. The first-order valence-electron chi connectivity index (χ1n) is 7.73. The van der Waals surface area contributed by atoms with E-state index in [-0.39, 0.29) is 16.5 Å². The minimum absolute atomic E-state index is 0.117. The molecule has 0 aromatic heterocycles. The van der Waals surface area contributed by atoms with Crippen molar-refractivity contribution in [1.29, 1.82) is 0 Å². The van der Waals surface area contributed by atoms with E-state index in [1.54, 1.807) is 30.3 Å². The van der Waals surface area contributed by atoms with Crippen molar-refractivity contribution >= 4 is 35.2 Å². The SMILES string of the molecule is COc1cc(/C=N\NC(=S)Nc2ccccc2F)cc(OC)c1OC(C)=O. The van der Waals surface area contributed by atoms with E-state index in [4.69, 9.17) is 26.4 Å². The number of nitrogens with zero attached hydrogens (tertiary/aromatic N) is 1. The van der Waals surface area contributed by atoms with Gasteiger partial charge < -0.3 is 19.5 Å². The number of hydrogen-bond donors (Lipinski definition) is 2. The smallest absolute Gasteiger partial charge is 0.308 e. The second kappa shape index (κ2) is 9.48. The van der Waals surface area contributed by atoms with E-state index in [2.05, 4.69) is 15.8 Å². The summed E-state index contributed by atoms with van der Waals surface area (Å²) in [5, 5.41) is 6.80. The van der Waals surface area contributed by atoms with Crippen LogP contribution in [-0.2, 0) is 4.79 Å². The van der Waals surface area contributed by atoms with E-state index < -0.39 is 11.8 Å². The topological polar surface area (TPSA) is 81.2 Å². The van der Waals surface area contributed by atoms with Crippen molar-refractivity contribution in [3.63, 3.8) is 0 Å². The summed E-state index contributed by atoms with van der Waals surface area (Å²) < 4.78 is 29.2. The number of hydrogen-bond acceptors (Lipinski definition) is 6. The molecule has 0 aliphatic rings. The van der Waals surface area contributed by atoms with Gasteiger partial charge in [-0.25, -0.2) is 4.39 Å². The third-order valence-electron chi connectivity index (χ3n) is 3.23. The van der Waals surface area contributed by atoms with Crippen molar-refractivity contribution in [2.45, 2.75) is 6.92 Å². The Morgan fingerprint density at radius 2 is 1.81 bits per heavy atom. The largest absolute Gasteiger partial charge is 0.493 e. The van der Waals surface area contributed by atoms with E-state index in [9.17, 15) is 9.18 Å². The number of esters is 1. The van der Waals surface area contributed by atoms with Crippen LogP contribution in [0.1, 0.15) is 12.5 Å². The number of carbonyl (C=O) groups is 1. The molecule has 27 heavy (non-hydrogen) atoms. The van der Waals surface area contributed by atoms with Gasteiger partial charge in [0.2, 0.25) is 5.75 Å². The molecule has 0 spiro atoms. The number of thiocarbonyl (C=S) groups is 1. The van der Waals surface area contributed by atoms with Crippen LogP contribution >= 0.6 is 12.2 Å². The molecule has 2 N–H and O–H groups in total. The van der Waals surface area contributed by atoms with Crippen LogP contribution in [-0.4, -0.2) is 31.5 Å². The fourth-order valence-corrected chi connectivity index (χ4v) is 2.26. The predicted molar refractivity (Wildman–Crippen MR) is 104 cm³/mol. The molecule has 0 aliphatic heterocycles. The lowest BCUT2D eigenvalue weighted by Crippen LogP contribution is -2.24. The molecule has 0 heterocycles. The minimum Gasteiger partial charge on any atom is -0.493 e. The number of halogens is 1. The number of hydrazone groups is 1. The van der Waals surface area contributed by atoms with Gasteiger partial charge >= 0.3 is 5.97 Å². The summed E-state index contributed by atoms with van der Waals surface area (Å²) in [4.78, 5) is 11.2. The van der Waals surface area contributed by atoms with Gasteiger partial charge in [0.05, 0.1) is 26.1 Å². The summed E-state index contributed by atoms with van der Waals surface area (Å²) in [5.74, 6) is -0.147. The molecule has 0 atom stereocenters. The van der Waals surface area contributed by atoms with Crippen LogP contribution in [0.15, 0.2) is 41.5 Å². The molecular formula is C18H18FN3O4S. The average molecular weight is 391 g/mol. The molecule has 0 unspecified atom stereocenters. The lowest BCUT2D eigenvalue weighted by atomic mass is 10.2. The highest BCUT2D eigenvalue weighted by Gasteiger charge is 2.15. The number of carbonyl (C=O) groups excluding carboxylic acids is 1. The molecule has 2 rings (SSSR count). The maximum Gasteiger partial charge on any atom is 0.308 e. The van der Waals surface area contributed by atoms with Crippen molar-refractivity contribution in [1.82, 2.24) is 5.43 Å². The predicted octanol–water partition coefficient (Wildman–Crippen LogP) is 3.09. The summed E-state index contributed by atoms with van der Waals surface area (Å²) in [7, 11) is 2.88. The number of ether oxygens (including phenoxy) is 3. The van der Waals surface area contributed by atoms with Crippen molar-refractivity contribution in [2.75, 3.05) is 19.5 Å². The normalized spacial score (nSPS) is 10.4. The molecule has 2 aromatic rings. The van der Waals surface area contributed by atoms with Crippen molar-refractivity contribution < 1.29 is 23.4 Å². The Morgan fingerprint density at radius 3 is 2.37 bits per heavy atom. The first-order valence-corrected chi connectivity index (χ1v) is 8.14. The molecular weight excluding hydrogens is 373 g/mol. The van der Waals surface area contributed by atoms with E-state index in [1.165, 1.54) is 33.4 Å². The molecule has 142 valence electrons. The maximum atomic E-state index is 13.6. The van der Waals surface area contributed by atoms with E-state index in [0.29, 0.717) is 17.1 Å². The monoisotopic (exact) mass is 391 g/mol. The molecule has 0 saturated carbocycles. The Balaban J connectivity index is 2.11. The van der Waals surface area contributed by atoms with Crippen LogP contribution in [0.3, 0.4) is 0 Å². The van der Waals surface area contributed by atoms with Gasteiger partial charge in [0.1, 0.15) is 5.82 Å². The van der Waals surface area contributed by atoms with Gasteiger partial charge in [-0.05, 0) is 36.5 Å². The van der Waals surface area contributed by atoms with Crippen molar-refractivity contribution in [3.05, 3.63) is 47.8 Å². The third kappa shape index (κ3) is 5.65. The van der Waals surface area contributed by atoms with Crippen molar-refractivity contribution in [3.8, 4) is 17.2 Å².